The van der Waals surface area contributed by atoms with Crippen LogP contribution in [-0.4, -0.2) is 15.3 Å². The molecule has 16 heavy (non-hydrogen) atoms. The molecular weight excluding hydrogens is 284 g/mol. The van der Waals surface area contributed by atoms with Crippen molar-refractivity contribution >= 4 is 21.7 Å². The SMILES string of the molecule is Nc1cc(-c2c(O)c(F)cc(Br)c2F)[nH]n1. The van der Waals surface area contributed by atoms with Crippen LogP contribution < -0.4 is 5.73 Å². The molecule has 2 rings (SSSR count). The first-order chi connectivity index (χ1) is 7.50. The molecule has 0 spiro atoms. The number of nitrogens with two attached hydrogens (primary N) is 1. The predicted molar refractivity (Wildman–Crippen MR) is 57.7 cm³/mol. The summed E-state index contributed by atoms with van der Waals surface area (Å²) in [4.78, 5) is 0. The van der Waals surface area contributed by atoms with Crippen molar-refractivity contribution in [1.29, 1.82) is 0 Å². The predicted octanol–water partition coefficient (Wildman–Crippen LogP) is 2.41. The zero-order valence-electron chi connectivity index (χ0n) is 7.76. The molecule has 0 amide bonds. The minimum Gasteiger partial charge on any atom is -0.504 e. The maximum absolute atomic E-state index is 13.7. The number of aromatic hydroxyl groups is 1. The number of aromatic nitrogens is 2. The van der Waals surface area contributed by atoms with Crippen LogP contribution in [0.2, 0.25) is 0 Å². The number of phenolic OH excluding ortho intramolecular Hbond substituents is 1. The summed E-state index contributed by atoms with van der Waals surface area (Å²) in [5.41, 5.74) is 5.14. The van der Waals surface area contributed by atoms with Gasteiger partial charge in [-0.2, -0.15) is 5.10 Å². The smallest absolute Gasteiger partial charge is 0.166 e. The van der Waals surface area contributed by atoms with E-state index in [2.05, 4.69) is 26.1 Å². The average molecular weight is 290 g/mol. The second kappa shape index (κ2) is 3.75. The Morgan fingerprint density at radius 3 is 2.62 bits per heavy atom. The minimum atomic E-state index is -0.934. The lowest BCUT2D eigenvalue weighted by Gasteiger charge is -2.06. The molecule has 0 saturated carbocycles. The molecule has 0 atom stereocenters. The molecule has 0 aliphatic rings. The molecule has 0 bridgehead atoms. The van der Waals surface area contributed by atoms with Crippen molar-refractivity contribution in [1.82, 2.24) is 10.2 Å². The summed E-state index contributed by atoms with van der Waals surface area (Å²) in [7, 11) is 0. The van der Waals surface area contributed by atoms with Gasteiger partial charge in [-0.25, -0.2) is 8.78 Å². The van der Waals surface area contributed by atoms with E-state index >= 15 is 0 Å². The van der Waals surface area contributed by atoms with Gasteiger partial charge in [0.25, 0.3) is 0 Å². The van der Waals surface area contributed by atoms with Crippen molar-refractivity contribution in [2.75, 3.05) is 5.73 Å². The summed E-state index contributed by atoms with van der Waals surface area (Å²) in [5.74, 6) is -2.39. The van der Waals surface area contributed by atoms with Gasteiger partial charge in [0.15, 0.2) is 17.4 Å². The van der Waals surface area contributed by atoms with E-state index in [4.69, 9.17) is 5.73 Å². The van der Waals surface area contributed by atoms with Crippen LogP contribution in [-0.2, 0) is 0 Å². The van der Waals surface area contributed by atoms with Crippen molar-refractivity contribution < 1.29 is 13.9 Å². The number of phenols is 1. The van der Waals surface area contributed by atoms with Crippen LogP contribution in [0, 0.1) is 11.6 Å². The van der Waals surface area contributed by atoms with Crippen LogP contribution in [0.5, 0.6) is 5.75 Å². The Balaban J connectivity index is 2.73. The van der Waals surface area contributed by atoms with Gasteiger partial charge in [0.2, 0.25) is 0 Å². The summed E-state index contributed by atoms with van der Waals surface area (Å²) in [5, 5.41) is 15.4. The molecule has 1 aromatic carbocycles. The minimum absolute atomic E-state index is 0.0917. The monoisotopic (exact) mass is 289 g/mol. The van der Waals surface area contributed by atoms with Gasteiger partial charge in [0.1, 0.15) is 5.82 Å². The van der Waals surface area contributed by atoms with Gasteiger partial charge in [-0.05, 0) is 22.0 Å². The molecule has 0 aliphatic carbocycles. The van der Waals surface area contributed by atoms with Crippen LogP contribution >= 0.6 is 15.9 Å². The number of hydrogen-bond donors (Lipinski definition) is 3. The van der Waals surface area contributed by atoms with E-state index < -0.39 is 17.4 Å². The van der Waals surface area contributed by atoms with E-state index in [1.54, 1.807) is 0 Å². The Morgan fingerprint density at radius 1 is 1.38 bits per heavy atom. The Morgan fingerprint density at radius 2 is 2.06 bits per heavy atom. The van der Waals surface area contributed by atoms with Crippen molar-refractivity contribution in [3.05, 3.63) is 28.2 Å². The highest BCUT2D eigenvalue weighted by Gasteiger charge is 2.19. The molecule has 1 aromatic heterocycles. The molecule has 0 aliphatic heterocycles. The van der Waals surface area contributed by atoms with Crippen LogP contribution in [0.15, 0.2) is 16.6 Å². The summed E-state index contributed by atoms with van der Waals surface area (Å²) in [6.45, 7) is 0. The standard InChI is InChI=1S/C9H6BrF2N3O/c10-3-1-4(11)9(16)7(8(3)12)5-2-6(13)15-14-5/h1-2,16H,(H3,13,14,15). The molecular formula is C9H6BrF2N3O. The number of aromatic amines is 1. The van der Waals surface area contributed by atoms with Crippen LogP contribution in [0.4, 0.5) is 14.6 Å². The highest BCUT2D eigenvalue weighted by molar-refractivity contribution is 9.10. The third kappa shape index (κ3) is 1.63. The van der Waals surface area contributed by atoms with E-state index in [1.807, 2.05) is 0 Å². The van der Waals surface area contributed by atoms with Crippen molar-refractivity contribution in [2.24, 2.45) is 0 Å². The summed E-state index contributed by atoms with van der Waals surface area (Å²) < 4.78 is 26.8. The van der Waals surface area contributed by atoms with E-state index in [1.165, 1.54) is 6.07 Å². The number of H-pyrrole nitrogens is 1. The molecule has 2 aromatic rings. The first-order valence-electron chi connectivity index (χ1n) is 4.18. The quantitative estimate of drug-likeness (QED) is 0.706. The number of nitrogens with one attached hydrogen (secondary N) is 1. The molecule has 4 N–H and O–H groups in total. The van der Waals surface area contributed by atoms with Crippen LogP contribution in [0.25, 0.3) is 11.3 Å². The fraction of sp³-hybridized carbons (Fsp3) is 0. The average Bonchev–Trinajstić information content (AvgIpc) is 2.62. The molecule has 84 valence electrons. The lowest BCUT2D eigenvalue weighted by Crippen LogP contribution is -1.91. The normalized spacial score (nSPS) is 10.7. The molecule has 4 nitrogen and oxygen atoms in total. The van der Waals surface area contributed by atoms with Crippen molar-refractivity contribution in [3.63, 3.8) is 0 Å². The maximum Gasteiger partial charge on any atom is 0.166 e. The van der Waals surface area contributed by atoms with Crippen molar-refractivity contribution in [2.45, 2.75) is 0 Å². The van der Waals surface area contributed by atoms with Gasteiger partial charge in [0.05, 0.1) is 15.7 Å². The molecule has 0 radical (unpaired) electrons. The molecule has 7 heteroatoms. The highest BCUT2D eigenvalue weighted by Crippen LogP contribution is 2.37. The van der Waals surface area contributed by atoms with E-state index in [9.17, 15) is 13.9 Å². The van der Waals surface area contributed by atoms with Crippen LogP contribution in [0.3, 0.4) is 0 Å². The van der Waals surface area contributed by atoms with Gasteiger partial charge in [-0.15, -0.1) is 0 Å². The Labute approximate surface area is 97.2 Å². The van der Waals surface area contributed by atoms with Crippen molar-refractivity contribution in [3.8, 4) is 17.0 Å². The zero-order valence-corrected chi connectivity index (χ0v) is 9.35. The zero-order chi connectivity index (χ0) is 11.9. The Hall–Kier alpha value is -1.63. The lowest BCUT2D eigenvalue weighted by atomic mass is 10.1. The maximum atomic E-state index is 13.7. The fourth-order valence-corrected chi connectivity index (χ4v) is 1.70. The van der Waals surface area contributed by atoms with E-state index in [0.717, 1.165) is 6.07 Å². The van der Waals surface area contributed by atoms with Gasteiger partial charge in [0, 0.05) is 6.07 Å². The van der Waals surface area contributed by atoms with Gasteiger partial charge >= 0.3 is 0 Å². The first kappa shape index (κ1) is 10.9. The number of benzene rings is 1. The summed E-state index contributed by atoms with van der Waals surface area (Å²) in [6, 6.07) is 2.14. The molecule has 1 heterocycles. The first-order valence-corrected chi connectivity index (χ1v) is 4.97. The highest BCUT2D eigenvalue weighted by atomic mass is 79.9. The lowest BCUT2D eigenvalue weighted by molar-refractivity contribution is 0.428. The number of rotatable bonds is 1. The molecule has 0 saturated heterocycles. The third-order valence-electron chi connectivity index (χ3n) is 2.01. The number of nitrogen functional groups attached to an aromatic ring is 1. The third-order valence-corrected chi connectivity index (χ3v) is 2.59. The second-order valence-electron chi connectivity index (χ2n) is 3.08. The summed E-state index contributed by atoms with van der Waals surface area (Å²) >= 11 is 2.84. The largest absolute Gasteiger partial charge is 0.504 e. The molecule has 0 unspecified atom stereocenters. The molecule has 0 fully saturated rings. The number of anilines is 1. The second-order valence-corrected chi connectivity index (χ2v) is 3.94. The number of hydrogen-bond acceptors (Lipinski definition) is 3. The summed E-state index contributed by atoms with van der Waals surface area (Å²) in [6.07, 6.45) is 0. The van der Waals surface area contributed by atoms with E-state index in [0.29, 0.717) is 0 Å². The Kier molecular flexibility index (Phi) is 2.55. The number of halogens is 3. The fourth-order valence-electron chi connectivity index (χ4n) is 1.30. The number of nitrogens with zero attached hydrogens (tertiary/aromatic N) is 1. The van der Waals surface area contributed by atoms with Gasteiger partial charge < -0.3 is 10.8 Å². The van der Waals surface area contributed by atoms with Gasteiger partial charge in [-0.3, -0.25) is 5.10 Å². The topological polar surface area (TPSA) is 74.9 Å². The van der Waals surface area contributed by atoms with Crippen LogP contribution in [0.1, 0.15) is 0 Å². The van der Waals surface area contributed by atoms with E-state index in [-0.39, 0.29) is 21.5 Å². The van der Waals surface area contributed by atoms with Gasteiger partial charge in [-0.1, -0.05) is 0 Å². The Bertz CT molecular complexity index is 530.